The Bertz CT molecular complexity index is 406. The summed E-state index contributed by atoms with van der Waals surface area (Å²) in [5, 5.41) is 0. The van der Waals surface area contributed by atoms with Crippen molar-refractivity contribution in [2.45, 2.75) is 45.6 Å². The molecule has 1 atom stereocenters. The second-order valence-electron chi connectivity index (χ2n) is 4.64. The van der Waals surface area contributed by atoms with Crippen molar-refractivity contribution >= 4 is 0 Å². The molecule has 0 spiro atoms. The highest BCUT2D eigenvalue weighted by Gasteiger charge is 2.08. The molecule has 0 aliphatic carbocycles. The summed E-state index contributed by atoms with van der Waals surface area (Å²) in [5.41, 5.74) is 8.46. The SMILES string of the molecule is C#CCCCOc1ccc(C)cc1CC(N)CC. The number of hydrogen-bond acceptors (Lipinski definition) is 2. The van der Waals surface area contributed by atoms with Crippen LogP contribution in [0.4, 0.5) is 0 Å². The van der Waals surface area contributed by atoms with Crippen LogP contribution in [0.1, 0.15) is 37.3 Å². The zero-order chi connectivity index (χ0) is 13.4. The lowest BCUT2D eigenvalue weighted by Gasteiger charge is -2.15. The van der Waals surface area contributed by atoms with Gasteiger partial charge in [-0.15, -0.1) is 12.3 Å². The molecule has 0 radical (unpaired) electrons. The first-order valence-corrected chi connectivity index (χ1v) is 6.58. The molecule has 98 valence electrons. The van der Waals surface area contributed by atoms with Crippen molar-refractivity contribution in [1.29, 1.82) is 0 Å². The third-order valence-corrected chi connectivity index (χ3v) is 2.95. The standard InChI is InChI=1S/C16H23NO/c1-4-6-7-10-18-16-9-8-13(3)11-14(16)12-15(17)5-2/h1,8-9,11,15H,5-7,10,12,17H2,2-3H3. The van der Waals surface area contributed by atoms with Gasteiger partial charge in [0.25, 0.3) is 0 Å². The van der Waals surface area contributed by atoms with Crippen LogP contribution < -0.4 is 10.5 Å². The number of hydrogen-bond donors (Lipinski definition) is 1. The molecule has 0 saturated carbocycles. The Kier molecular flexibility index (Phi) is 6.32. The molecular weight excluding hydrogens is 222 g/mol. The number of rotatable bonds is 7. The Morgan fingerprint density at radius 2 is 2.22 bits per heavy atom. The second kappa shape index (κ2) is 7.79. The molecule has 0 bridgehead atoms. The fourth-order valence-electron chi connectivity index (χ4n) is 1.79. The lowest BCUT2D eigenvalue weighted by molar-refractivity contribution is 0.309. The summed E-state index contributed by atoms with van der Waals surface area (Å²) < 4.78 is 5.79. The maximum Gasteiger partial charge on any atom is 0.122 e. The van der Waals surface area contributed by atoms with E-state index in [9.17, 15) is 0 Å². The highest BCUT2D eigenvalue weighted by molar-refractivity contribution is 5.37. The van der Waals surface area contributed by atoms with E-state index in [2.05, 4.69) is 31.9 Å². The maximum absolute atomic E-state index is 6.02. The molecule has 0 saturated heterocycles. The number of ether oxygens (including phenoxy) is 1. The predicted molar refractivity (Wildman–Crippen MR) is 76.7 cm³/mol. The van der Waals surface area contributed by atoms with E-state index in [1.54, 1.807) is 0 Å². The summed E-state index contributed by atoms with van der Waals surface area (Å²) in [6.45, 7) is 4.86. The van der Waals surface area contributed by atoms with Gasteiger partial charge in [-0.05, 0) is 37.8 Å². The lowest BCUT2D eigenvalue weighted by Crippen LogP contribution is -2.21. The molecule has 0 aliphatic rings. The van der Waals surface area contributed by atoms with E-state index in [0.29, 0.717) is 6.61 Å². The van der Waals surface area contributed by atoms with E-state index in [1.165, 1.54) is 11.1 Å². The van der Waals surface area contributed by atoms with Gasteiger partial charge >= 0.3 is 0 Å². The molecule has 2 N–H and O–H groups in total. The maximum atomic E-state index is 6.02. The molecule has 0 heterocycles. The lowest BCUT2D eigenvalue weighted by atomic mass is 10.0. The van der Waals surface area contributed by atoms with Gasteiger partial charge in [0.1, 0.15) is 5.75 Å². The van der Waals surface area contributed by atoms with E-state index in [-0.39, 0.29) is 6.04 Å². The first kappa shape index (κ1) is 14.6. The number of terminal acetylenes is 1. The fourth-order valence-corrected chi connectivity index (χ4v) is 1.79. The van der Waals surface area contributed by atoms with Crippen molar-refractivity contribution in [1.82, 2.24) is 0 Å². The number of nitrogens with two attached hydrogens (primary N) is 1. The van der Waals surface area contributed by atoms with Gasteiger partial charge in [0.2, 0.25) is 0 Å². The summed E-state index contributed by atoms with van der Waals surface area (Å²) in [4.78, 5) is 0. The first-order chi connectivity index (χ1) is 8.67. The van der Waals surface area contributed by atoms with Crippen molar-refractivity contribution in [2.75, 3.05) is 6.61 Å². The summed E-state index contributed by atoms with van der Waals surface area (Å²) in [6, 6.07) is 6.45. The van der Waals surface area contributed by atoms with Gasteiger partial charge in [-0.25, -0.2) is 0 Å². The van der Waals surface area contributed by atoms with Crippen molar-refractivity contribution in [2.24, 2.45) is 5.73 Å². The van der Waals surface area contributed by atoms with Crippen LogP contribution in [0.25, 0.3) is 0 Å². The van der Waals surface area contributed by atoms with Crippen LogP contribution in [-0.2, 0) is 6.42 Å². The minimum absolute atomic E-state index is 0.194. The van der Waals surface area contributed by atoms with Crippen molar-refractivity contribution in [3.8, 4) is 18.1 Å². The Labute approximate surface area is 111 Å². The summed E-state index contributed by atoms with van der Waals surface area (Å²) in [5.74, 6) is 3.56. The van der Waals surface area contributed by atoms with Gasteiger partial charge < -0.3 is 10.5 Å². The molecule has 1 aromatic carbocycles. The van der Waals surface area contributed by atoms with Crippen LogP contribution in [0.3, 0.4) is 0 Å². The quantitative estimate of drug-likeness (QED) is 0.592. The Balaban J connectivity index is 2.67. The van der Waals surface area contributed by atoms with Crippen LogP contribution >= 0.6 is 0 Å². The normalized spacial score (nSPS) is 11.9. The Hall–Kier alpha value is -1.46. The molecule has 2 nitrogen and oxygen atoms in total. The van der Waals surface area contributed by atoms with Crippen LogP contribution in [0.15, 0.2) is 18.2 Å². The number of unbranched alkanes of at least 4 members (excludes halogenated alkanes) is 1. The van der Waals surface area contributed by atoms with Crippen LogP contribution in [0, 0.1) is 19.3 Å². The predicted octanol–water partition coefficient (Wildman–Crippen LogP) is 3.07. The fraction of sp³-hybridized carbons (Fsp3) is 0.500. The third-order valence-electron chi connectivity index (χ3n) is 2.95. The highest BCUT2D eigenvalue weighted by Crippen LogP contribution is 2.22. The van der Waals surface area contributed by atoms with Crippen molar-refractivity contribution < 1.29 is 4.74 Å². The Morgan fingerprint density at radius 1 is 1.44 bits per heavy atom. The molecule has 1 rings (SSSR count). The zero-order valence-electron chi connectivity index (χ0n) is 11.4. The van der Waals surface area contributed by atoms with Gasteiger partial charge in [-0.2, -0.15) is 0 Å². The average molecular weight is 245 g/mol. The third kappa shape index (κ3) is 4.81. The molecule has 0 amide bonds. The van der Waals surface area contributed by atoms with Gasteiger partial charge in [0, 0.05) is 12.5 Å². The van der Waals surface area contributed by atoms with Crippen molar-refractivity contribution in [3.05, 3.63) is 29.3 Å². The second-order valence-corrected chi connectivity index (χ2v) is 4.64. The monoisotopic (exact) mass is 245 g/mol. The van der Waals surface area contributed by atoms with Gasteiger partial charge in [0.05, 0.1) is 6.61 Å². The molecule has 1 unspecified atom stereocenters. The summed E-state index contributed by atoms with van der Waals surface area (Å²) in [7, 11) is 0. The Morgan fingerprint density at radius 3 is 2.89 bits per heavy atom. The molecule has 0 fully saturated rings. The van der Waals surface area contributed by atoms with Crippen LogP contribution in [0.5, 0.6) is 5.75 Å². The van der Waals surface area contributed by atoms with E-state index in [4.69, 9.17) is 16.9 Å². The zero-order valence-corrected chi connectivity index (χ0v) is 11.4. The summed E-state index contributed by atoms with van der Waals surface area (Å²) >= 11 is 0. The molecule has 0 aromatic heterocycles. The average Bonchev–Trinajstić information content (AvgIpc) is 2.36. The minimum atomic E-state index is 0.194. The van der Waals surface area contributed by atoms with Crippen LogP contribution in [-0.4, -0.2) is 12.6 Å². The molecule has 18 heavy (non-hydrogen) atoms. The number of aryl methyl sites for hydroxylation is 1. The van der Waals surface area contributed by atoms with E-state index >= 15 is 0 Å². The first-order valence-electron chi connectivity index (χ1n) is 6.58. The van der Waals surface area contributed by atoms with E-state index in [1.807, 2.05) is 6.07 Å². The van der Waals surface area contributed by atoms with E-state index < -0.39 is 0 Å². The molecular formula is C16H23NO. The van der Waals surface area contributed by atoms with Crippen molar-refractivity contribution in [3.63, 3.8) is 0 Å². The van der Waals surface area contributed by atoms with Gasteiger partial charge in [-0.3, -0.25) is 0 Å². The molecule has 0 aliphatic heterocycles. The molecule has 1 aromatic rings. The largest absolute Gasteiger partial charge is 0.493 e. The highest BCUT2D eigenvalue weighted by atomic mass is 16.5. The van der Waals surface area contributed by atoms with E-state index in [0.717, 1.165) is 31.4 Å². The van der Waals surface area contributed by atoms with Crippen LogP contribution in [0.2, 0.25) is 0 Å². The van der Waals surface area contributed by atoms with Gasteiger partial charge in [-0.1, -0.05) is 24.6 Å². The number of benzene rings is 1. The summed E-state index contributed by atoms with van der Waals surface area (Å²) in [6.07, 6.45) is 8.71. The topological polar surface area (TPSA) is 35.2 Å². The molecule has 2 heteroatoms. The minimum Gasteiger partial charge on any atom is -0.493 e. The van der Waals surface area contributed by atoms with Gasteiger partial charge in [0.15, 0.2) is 0 Å². The smallest absolute Gasteiger partial charge is 0.122 e.